The van der Waals surface area contributed by atoms with Gasteiger partial charge in [0.25, 0.3) is 0 Å². The maximum absolute atomic E-state index is 13.6. The molecular formula is C33H46N4O3. The van der Waals surface area contributed by atoms with Crippen molar-refractivity contribution in [2.24, 2.45) is 5.92 Å². The average Bonchev–Trinajstić information content (AvgIpc) is 2.95. The van der Waals surface area contributed by atoms with E-state index in [0.717, 1.165) is 25.7 Å². The summed E-state index contributed by atoms with van der Waals surface area (Å²) >= 11 is 0. The minimum Gasteiger partial charge on any atom is -0.462 e. The number of H-pyrrole nitrogens is 1. The fourth-order valence-corrected chi connectivity index (χ4v) is 5.23. The Morgan fingerprint density at radius 3 is 1.82 bits per heavy atom. The molecular weight excluding hydrogens is 500 g/mol. The van der Waals surface area contributed by atoms with Crippen molar-refractivity contribution in [2.75, 3.05) is 43.6 Å². The molecule has 216 valence electrons. The molecule has 0 bridgehead atoms. The van der Waals surface area contributed by atoms with Gasteiger partial charge in [-0.3, -0.25) is 4.98 Å². The Balaban J connectivity index is 2.03. The van der Waals surface area contributed by atoms with Gasteiger partial charge in [-0.1, -0.05) is 101 Å². The van der Waals surface area contributed by atoms with Crippen LogP contribution in [-0.4, -0.2) is 49.7 Å². The van der Waals surface area contributed by atoms with Crippen LogP contribution in [0.3, 0.4) is 0 Å². The van der Waals surface area contributed by atoms with Crippen LogP contribution in [0.2, 0.25) is 0 Å². The van der Waals surface area contributed by atoms with Crippen molar-refractivity contribution < 1.29 is 9.53 Å². The lowest BCUT2D eigenvalue weighted by molar-refractivity contribution is 0.0459. The summed E-state index contributed by atoms with van der Waals surface area (Å²) in [5.41, 5.74) is 2.28. The van der Waals surface area contributed by atoms with Crippen LogP contribution >= 0.6 is 0 Å². The molecule has 2 unspecified atom stereocenters. The summed E-state index contributed by atoms with van der Waals surface area (Å²) in [5.74, 6) is 0.967. The quantitative estimate of drug-likeness (QED) is 0.216. The molecule has 0 amide bonds. The monoisotopic (exact) mass is 546 g/mol. The van der Waals surface area contributed by atoms with Gasteiger partial charge < -0.3 is 14.5 Å². The number of hydrogen-bond donors (Lipinski definition) is 1. The van der Waals surface area contributed by atoms with Crippen LogP contribution in [0.4, 0.5) is 11.6 Å². The third-order valence-electron chi connectivity index (χ3n) is 7.19. The second kappa shape index (κ2) is 15.2. The fourth-order valence-electron chi connectivity index (χ4n) is 5.23. The zero-order valence-corrected chi connectivity index (χ0v) is 25.0. The van der Waals surface area contributed by atoms with E-state index in [-0.39, 0.29) is 24.4 Å². The molecule has 1 N–H and O–H groups in total. The van der Waals surface area contributed by atoms with Gasteiger partial charge in [0.1, 0.15) is 11.4 Å². The van der Waals surface area contributed by atoms with Crippen LogP contribution in [-0.2, 0) is 4.74 Å². The Hall–Kier alpha value is -3.61. The minimum absolute atomic E-state index is 0.182. The first-order valence-corrected chi connectivity index (χ1v) is 14.6. The number of ether oxygens (including phenoxy) is 1. The molecule has 0 aliphatic heterocycles. The molecule has 0 saturated carbocycles. The minimum atomic E-state index is -0.484. The van der Waals surface area contributed by atoms with Gasteiger partial charge in [0.05, 0.1) is 6.61 Å². The van der Waals surface area contributed by atoms with Crippen molar-refractivity contribution in [3.63, 3.8) is 0 Å². The molecule has 0 aliphatic rings. The highest BCUT2D eigenvalue weighted by Gasteiger charge is 2.28. The van der Waals surface area contributed by atoms with E-state index in [1.807, 2.05) is 74.1 Å². The third-order valence-corrected chi connectivity index (χ3v) is 7.19. The van der Waals surface area contributed by atoms with Crippen LogP contribution in [0.5, 0.6) is 0 Å². The smallest absolute Gasteiger partial charge is 0.348 e. The van der Waals surface area contributed by atoms with Crippen LogP contribution in [0.1, 0.15) is 86.7 Å². The van der Waals surface area contributed by atoms with Gasteiger partial charge in [0, 0.05) is 39.0 Å². The van der Waals surface area contributed by atoms with Gasteiger partial charge >= 0.3 is 11.7 Å². The highest BCUT2D eigenvalue weighted by atomic mass is 16.5. The number of nitrogens with zero attached hydrogens (tertiary/aromatic N) is 3. The number of aromatic nitrogens is 2. The van der Waals surface area contributed by atoms with E-state index in [9.17, 15) is 9.59 Å². The largest absolute Gasteiger partial charge is 0.462 e. The molecule has 1 aromatic heterocycles. The molecule has 3 aromatic rings. The van der Waals surface area contributed by atoms with Crippen LogP contribution in [0.25, 0.3) is 0 Å². The second-order valence-corrected chi connectivity index (χ2v) is 11.1. The summed E-state index contributed by atoms with van der Waals surface area (Å²) in [6, 6.07) is 20.8. The predicted molar refractivity (Wildman–Crippen MR) is 165 cm³/mol. The van der Waals surface area contributed by atoms with Gasteiger partial charge in [0.15, 0.2) is 5.82 Å². The number of likely N-dealkylation sites (N-methyl/N-ethyl adjacent to an activating group) is 2. The summed E-state index contributed by atoms with van der Waals surface area (Å²) in [7, 11) is 3.82. The van der Waals surface area contributed by atoms with Crippen LogP contribution in [0.15, 0.2) is 65.5 Å². The fraction of sp³-hybridized carbons (Fsp3) is 0.485. The first kappa shape index (κ1) is 30.9. The van der Waals surface area contributed by atoms with Crippen molar-refractivity contribution in [1.29, 1.82) is 0 Å². The third kappa shape index (κ3) is 8.44. The van der Waals surface area contributed by atoms with E-state index in [2.05, 4.69) is 48.1 Å². The molecule has 7 nitrogen and oxygen atoms in total. The molecule has 2 atom stereocenters. The van der Waals surface area contributed by atoms with Gasteiger partial charge in [-0.2, -0.15) is 4.98 Å². The molecule has 40 heavy (non-hydrogen) atoms. The average molecular weight is 547 g/mol. The number of carbonyl (C=O) groups excluding carboxylic acids is 1. The van der Waals surface area contributed by atoms with E-state index in [1.54, 1.807) is 0 Å². The molecule has 2 aromatic carbocycles. The van der Waals surface area contributed by atoms with E-state index < -0.39 is 11.7 Å². The van der Waals surface area contributed by atoms with Crippen molar-refractivity contribution in [3.8, 4) is 0 Å². The number of aromatic amines is 1. The number of anilines is 2. The Kier molecular flexibility index (Phi) is 11.8. The maximum atomic E-state index is 13.6. The van der Waals surface area contributed by atoms with Gasteiger partial charge in [-0.05, 0) is 29.9 Å². The van der Waals surface area contributed by atoms with Crippen molar-refractivity contribution in [3.05, 3.63) is 87.8 Å². The first-order chi connectivity index (χ1) is 19.2. The standard InChI is InChI=1S/C33H46N4O3/c1-7-15-27(25-17-11-9-12-18-25)21-36(5)30-29(32(38)40-23-24(3)4)31(35-33(39)34-30)37(6)22-28(16-8-2)26-19-13-10-14-20-26/h9-14,17-20,24,27-28H,7-8,15-16,21-23H2,1-6H3,(H,34,35,39). The van der Waals surface area contributed by atoms with E-state index >= 15 is 0 Å². The number of rotatable bonds is 15. The summed E-state index contributed by atoms with van der Waals surface area (Å²) in [6.45, 7) is 9.88. The lowest BCUT2D eigenvalue weighted by Gasteiger charge is -2.30. The molecule has 0 saturated heterocycles. The molecule has 0 spiro atoms. The van der Waals surface area contributed by atoms with Crippen molar-refractivity contribution >= 4 is 17.6 Å². The Bertz CT molecular complexity index is 1160. The van der Waals surface area contributed by atoms with Crippen LogP contribution < -0.4 is 15.5 Å². The van der Waals surface area contributed by atoms with Crippen LogP contribution in [0, 0.1) is 5.92 Å². The van der Waals surface area contributed by atoms with Gasteiger partial charge in [-0.15, -0.1) is 0 Å². The summed E-state index contributed by atoms with van der Waals surface area (Å²) < 4.78 is 5.73. The number of benzene rings is 2. The zero-order chi connectivity index (χ0) is 29.1. The molecule has 0 aliphatic carbocycles. The molecule has 3 rings (SSSR count). The second-order valence-electron chi connectivity index (χ2n) is 11.1. The Morgan fingerprint density at radius 1 is 0.850 bits per heavy atom. The summed E-state index contributed by atoms with van der Waals surface area (Å²) in [4.78, 5) is 37.7. The number of nitrogens with one attached hydrogen (secondary N) is 1. The number of carbonyl (C=O) groups is 1. The Labute approximate surface area is 239 Å². The molecule has 1 heterocycles. The van der Waals surface area contributed by atoms with E-state index in [1.165, 1.54) is 11.1 Å². The van der Waals surface area contributed by atoms with E-state index in [4.69, 9.17) is 4.74 Å². The number of esters is 1. The highest BCUT2D eigenvalue weighted by molar-refractivity contribution is 6.00. The van der Waals surface area contributed by atoms with Gasteiger partial charge in [0.2, 0.25) is 0 Å². The Morgan fingerprint density at radius 2 is 1.35 bits per heavy atom. The SMILES string of the molecule is CCCC(CN(C)c1nc(=O)[nH]c(N(C)CC(CCC)c2ccccc2)c1C(=O)OCC(C)C)c1ccccc1. The first-order valence-electron chi connectivity index (χ1n) is 14.6. The normalized spacial score (nSPS) is 12.7. The lowest BCUT2D eigenvalue weighted by Crippen LogP contribution is -2.34. The predicted octanol–water partition coefficient (Wildman–Crippen LogP) is 6.62. The topological polar surface area (TPSA) is 78.5 Å². The van der Waals surface area contributed by atoms with Crippen molar-refractivity contribution in [1.82, 2.24) is 9.97 Å². The van der Waals surface area contributed by atoms with Crippen molar-refractivity contribution in [2.45, 2.75) is 65.2 Å². The summed E-state index contributed by atoms with van der Waals surface area (Å²) in [6.07, 6.45) is 4.01. The maximum Gasteiger partial charge on any atom is 0.348 e. The molecule has 7 heteroatoms. The summed E-state index contributed by atoms with van der Waals surface area (Å²) in [5, 5.41) is 0. The highest BCUT2D eigenvalue weighted by Crippen LogP contribution is 2.31. The number of hydrogen-bond acceptors (Lipinski definition) is 6. The van der Waals surface area contributed by atoms with E-state index in [0.29, 0.717) is 30.3 Å². The van der Waals surface area contributed by atoms with Gasteiger partial charge in [-0.25, -0.2) is 9.59 Å². The molecule has 0 fully saturated rings. The zero-order valence-electron chi connectivity index (χ0n) is 25.0. The lowest BCUT2D eigenvalue weighted by atomic mass is 9.93. The molecule has 0 radical (unpaired) electrons.